The first-order valence-electron chi connectivity index (χ1n) is 8.81. The van der Waals surface area contributed by atoms with E-state index in [1.54, 1.807) is 6.07 Å². The number of likely N-dealkylation sites (N-methyl/N-ethyl adjacent to an activating group) is 1. The lowest BCUT2D eigenvalue weighted by atomic mass is 10.0. The van der Waals surface area contributed by atoms with Gasteiger partial charge in [0.1, 0.15) is 6.04 Å². The summed E-state index contributed by atoms with van der Waals surface area (Å²) < 4.78 is 0. The zero-order valence-electron chi connectivity index (χ0n) is 15.2. The topological polar surface area (TPSA) is 52.6 Å². The van der Waals surface area contributed by atoms with E-state index in [0.29, 0.717) is 5.56 Å². The summed E-state index contributed by atoms with van der Waals surface area (Å²) in [7, 11) is 0. The molecule has 0 aromatic heterocycles. The van der Waals surface area contributed by atoms with Crippen LogP contribution in [0.3, 0.4) is 0 Å². The standard InChI is InChI=1S/C19H29N3O2/c1-5-21-10-12-22(13-11-21)19(24)17(14(2)3)20-18(23)16-9-7-6-8-15(16)4/h6-9,14,17H,5,10-13H2,1-4H3,(H,20,23). The van der Waals surface area contributed by atoms with Gasteiger partial charge in [0.05, 0.1) is 0 Å². The molecule has 5 nitrogen and oxygen atoms in total. The second kappa shape index (κ2) is 8.29. The van der Waals surface area contributed by atoms with Gasteiger partial charge in [0.15, 0.2) is 0 Å². The number of piperazine rings is 1. The Morgan fingerprint density at radius 2 is 1.75 bits per heavy atom. The molecule has 1 N–H and O–H groups in total. The van der Waals surface area contributed by atoms with Crippen LogP contribution in [0.4, 0.5) is 0 Å². The van der Waals surface area contributed by atoms with Crippen LogP contribution in [-0.4, -0.2) is 60.4 Å². The van der Waals surface area contributed by atoms with E-state index in [9.17, 15) is 9.59 Å². The molecule has 0 bridgehead atoms. The van der Waals surface area contributed by atoms with Gasteiger partial charge in [0.25, 0.3) is 5.91 Å². The van der Waals surface area contributed by atoms with Gasteiger partial charge in [0.2, 0.25) is 5.91 Å². The van der Waals surface area contributed by atoms with Crippen LogP contribution in [0.25, 0.3) is 0 Å². The molecule has 0 spiro atoms. The Morgan fingerprint density at radius 3 is 2.29 bits per heavy atom. The molecule has 1 aliphatic heterocycles. The molecule has 1 atom stereocenters. The summed E-state index contributed by atoms with van der Waals surface area (Å²) in [5, 5.41) is 2.95. The van der Waals surface area contributed by atoms with Crippen LogP contribution in [0, 0.1) is 12.8 Å². The summed E-state index contributed by atoms with van der Waals surface area (Å²) in [6, 6.07) is 6.98. The monoisotopic (exact) mass is 331 g/mol. The second-order valence-electron chi connectivity index (χ2n) is 6.77. The summed E-state index contributed by atoms with van der Waals surface area (Å²) in [6.07, 6.45) is 0. The number of carbonyl (C=O) groups excluding carboxylic acids is 2. The van der Waals surface area contributed by atoms with Crippen molar-refractivity contribution >= 4 is 11.8 Å². The molecule has 2 rings (SSSR count). The van der Waals surface area contributed by atoms with Gasteiger partial charge in [-0.05, 0) is 31.0 Å². The molecule has 2 amide bonds. The van der Waals surface area contributed by atoms with Crippen molar-refractivity contribution in [3.63, 3.8) is 0 Å². The molecule has 1 unspecified atom stereocenters. The number of carbonyl (C=O) groups is 2. The molecule has 0 radical (unpaired) electrons. The second-order valence-corrected chi connectivity index (χ2v) is 6.77. The van der Waals surface area contributed by atoms with Crippen LogP contribution in [0.15, 0.2) is 24.3 Å². The molecule has 1 aromatic carbocycles. The van der Waals surface area contributed by atoms with Gasteiger partial charge in [-0.3, -0.25) is 9.59 Å². The van der Waals surface area contributed by atoms with Crippen molar-refractivity contribution in [2.45, 2.75) is 33.7 Å². The predicted octanol–water partition coefficient (Wildman–Crippen LogP) is 1.91. The van der Waals surface area contributed by atoms with E-state index < -0.39 is 6.04 Å². The van der Waals surface area contributed by atoms with E-state index in [2.05, 4.69) is 17.1 Å². The van der Waals surface area contributed by atoms with Crippen molar-refractivity contribution in [3.05, 3.63) is 35.4 Å². The molecule has 1 aliphatic rings. The van der Waals surface area contributed by atoms with E-state index in [0.717, 1.165) is 38.3 Å². The zero-order valence-corrected chi connectivity index (χ0v) is 15.2. The summed E-state index contributed by atoms with van der Waals surface area (Å²) in [6.45, 7) is 12.3. The van der Waals surface area contributed by atoms with Crippen molar-refractivity contribution in [2.24, 2.45) is 5.92 Å². The van der Waals surface area contributed by atoms with Crippen LogP contribution in [-0.2, 0) is 4.79 Å². The fourth-order valence-electron chi connectivity index (χ4n) is 3.04. The van der Waals surface area contributed by atoms with Crippen LogP contribution in [0.5, 0.6) is 0 Å². The van der Waals surface area contributed by atoms with Crippen LogP contribution in [0.1, 0.15) is 36.7 Å². The average Bonchev–Trinajstić information content (AvgIpc) is 2.59. The maximum Gasteiger partial charge on any atom is 0.252 e. The number of benzene rings is 1. The number of aryl methyl sites for hydroxylation is 1. The molecule has 0 saturated carbocycles. The summed E-state index contributed by atoms with van der Waals surface area (Å²) in [4.78, 5) is 29.7. The SMILES string of the molecule is CCN1CCN(C(=O)C(NC(=O)c2ccccc2C)C(C)C)CC1. The van der Waals surface area contributed by atoms with E-state index >= 15 is 0 Å². The van der Waals surface area contributed by atoms with E-state index in [-0.39, 0.29) is 17.7 Å². The van der Waals surface area contributed by atoms with E-state index in [4.69, 9.17) is 0 Å². The zero-order chi connectivity index (χ0) is 17.7. The summed E-state index contributed by atoms with van der Waals surface area (Å²) in [5.74, 6) is -0.0929. The minimum atomic E-state index is -0.481. The maximum atomic E-state index is 12.9. The fourth-order valence-corrected chi connectivity index (χ4v) is 3.04. The molecular weight excluding hydrogens is 302 g/mol. The van der Waals surface area contributed by atoms with Crippen molar-refractivity contribution < 1.29 is 9.59 Å². The van der Waals surface area contributed by atoms with Crippen LogP contribution in [0.2, 0.25) is 0 Å². The molecule has 1 fully saturated rings. The largest absolute Gasteiger partial charge is 0.340 e. The summed E-state index contributed by atoms with van der Waals surface area (Å²) in [5.41, 5.74) is 1.55. The van der Waals surface area contributed by atoms with Crippen LogP contribution < -0.4 is 5.32 Å². The lowest BCUT2D eigenvalue weighted by molar-refractivity contribution is -0.136. The third-order valence-electron chi connectivity index (χ3n) is 4.74. The molecule has 132 valence electrons. The summed E-state index contributed by atoms with van der Waals surface area (Å²) >= 11 is 0. The number of nitrogens with zero attached hydrogens (tertiary/aromatic N) is 2. The minimum Gasteiger partial charge on any atom is -0.340 e. The Hall–Kier alpha value is -1.88. The molecular formula is C19H29N3O2. The lowest BCUT2D eigenvalue weighted by Crippen LogP contribution is -2.56. The van der Waals surface area contributed by atoms with Crippen molar-refractivity contribution in [2.75, 3.05) is 32.7 Å². The van der Waals surface area contributed by atoms with Gasteiger partial charge in [-0.15, -0.1) is 0 Å². The highest BCUT2D eigenvalue weighted by atomic mass is 16.2. The minimum absolute atomic E-state index is 0.0303. The number of nitrogens with one attached hydrogen (secondary N) is 1. The normalized spacial score (nSPS) is 17.0. The number of hydrogen-bond donors (Lipinski definition) is 1. The Bertz CT molecular complexity index is 578. The Balaban J connectivity index is 2.05. The van der Waals surface area contributed by atoms with Gasteiger partial charge in [-0.2, -0.15) is 0 Å². The molecule has 1 heterocycles. The first-order chi connectivity index (χ1) is 11.4. The third kappa shape index (κ3) is 4.35. The fraction of sp³-hybridized carbons (Fsp3) is 0.579. The molecule has 24 heavy (non-hydrogen) atoms. The molecule has 1 saturated heterocycles. The van der Waals surface area contributed by atoms with Crippen LogP contribution >= 0.6 is 0 Å². The van der Waals surface area contributed by atoms with Gasteiger partial charge in [0, 0.05) is 31.7 Å². The average molecular weight is 331 g/mol. The van der Waals surface area contributed by atoms with Gasteiger partial charge in [-0.1, -0.05) is 39.0 Å². The van der Waals surface area contributed by atoms with Gasteiger partial charge >= 0.3 is 0 Å². The Labute approximate surface area is 145 Å². The third-order valence-corrected chi connectivity index (χ3v) is 4.74. The van der Waals surface area contributed by atoms with Crippen molar-refractivity contribution in [1.82, 2.24) is 15.1 Å². The number of rotatable bonds is 5. The van der Waals surface area contributed by atoms with Crippen molar-refractivity contribution in [3.8, 4) is 0 Å². The van der Waals surface area contributed by atoms with E-state index in [1.165, 1.54) is 0 Å². The Morgan fingerprint density at radius 1 is 1.12 bits per heavy atom. The van der Waals surface area contributed by atoms with E-state index in [1.807, 2.05) is 43.9 Å². The highest BCUT2D eigenvalue weighted by Crippen LogP contribution is 2.12. The highest BCUT2D eigenvalue weighted by molar-refractivity contribution is 5.98. The quantitative estimate of drug-likeness (QED) is 0.897. The molecule has 1 aromatic rings. The molecule has 5 heteroatoms. The maximum absolute atomic E-state index is 12.9. The first-order valence-corrected chi connectivity index (χ1v) is 8.81. The smallest absolute Gasteiger partial charge is 0.252 e. The van der Waals surface area contributed by atoms with Crippen molar-refractivity contribution in [1.29, 1.82) is 0 Å². The lowest BCUT2D eigenvalue weighted by Gasteiger charge is -2.36. The number of hydrogen-bond acceptors (Lipinski definition) is 3. The molecule has 0 aliphatic carbocycles. The van der Waals surface area contributed by atoms with Gasteiger partial charge < -0.3 is 15.1 Å². The first kappa shape index (κ1) is 18.5. The predicted molar refractivity (Wildman–Crippen MR) is 96.0 cm³/mol. The number of amides is 2. The highest BCUT2D eigenvalue weighted by Gasteiger charge is 2.30. The van der Waals surface area contributed by atoms with Gasteiger partial charge in [-0.25, -0.2) is 0 Å². The Kier molecular flexibility index (Phi) is 6.37.